The highest BCUT2D eigenvalue weighted by Crippen LogP contribution is 2.29. The number of para-hydroxylation sites is 2. The molecule has 7 heteroatoms. The lowest BCUT2D eigenvalue weighted by atomic mass is 10.1. The zero-order chi connectivity index (χ0) is 21.3. The number of carbonyl (C=O) groups is 2. The van der Waals surface area contributed by atoms with Gasteiger partial charge in [-0.25, -0.2) is 0 Å². The van der Waals surface area contributed by atoms with Crippen LogP contribution in [0.4, 0.5) is 17.1 Å². The molecule has 7 nitrogen and oxygen atoms in total. The van der Waals surface area contributed by atoms with Crippen molar-refractivity contribution >= 4 is 28.9 Å². The first-order valence-corrected chi connectivity index (χ1v) is 9.32. The average molecular weight is 405 g/mol. The maximum Gasteiger partial charge on any atom is 0.257 e. The molecule has 0 aromatic heterocycles. The molecule has 0 atom stereocenters. The van der Waals surface area contributed by atoms with E-state index in [0.717, 1.165) is 0 Å². The lowest BCUT2D eigenvalue weighted by Gasteiger charge is -2.13. The Morgan fingerprint density at radius 3 is 2.20 bits per heavy atom. The van der Waals surface area contributed by atoms with Crippen molar-refractivity contribution in [3.05, 3.63) is 78.4 Å². The van der Waals surface area contributed by atoms with E-state index in [4.69, 9.17) is 9.47 Å². The van der Waals surface area contributed by atoms with E-state index < -0.39 is 0 Å². The van der Waals surface area contributed by atoms with E-state index in [2.05, 4.69) is 16.0 Å². The lowest BCUT2D eigenvalue weighted by Crippen LogP contribution is -2.23. The first-order chi connectivity index (χ1) is 14.6. The summed E-state index contributed by atoms with van der Waals surface area (Å²) >= 11 is 0. The van der Waals surface area contributed by atoms with Gasteiger partial charge in [-0.1, -0.05) is 30.3 Å². The molecule has 0 unspecified atom stereocenters. The summed E-state index contributed by atoms with van der Waals surface area (Å²) in [6.45, 7) is -0.00995. The van der Waals surface area contributed by atoms with Crippen LogP contribution in [0.25, 0.3) is 0 Å². The van der Waals surface area contributed by atoms with E-state index in [1.54, 1.807) is 49.6 Å². The van der Waals surface area contributed by atoms with Crippen LogP contribution < -0.4 is 25.4 Å². The number of amides is 2. The number of hydrogen-bond acceptors (Lipinski definition) is 5. The van der Waals surface area contributed by atoms with Gasteiger partial charge in [0, 0.05) is 23.1 Å². The minimum atomic E-state index is -0.263. The van der Waals surface area contributed by atoms with Gasteiger partial charge in [0.05, 0.1) is 26.3 Å². The van der Waals surface area contributed by atoms with Gasteiger partial charge >= 0.3 is 0 Å². The summed E-state index contributed by atoms with van der Waals surface area (Å²) in [4.78, 5) is 25.0. The number of hydrogen-bond donors (Lipinski definition) is 3. The first kappa shape index (κ1) is 20.7. The maximum atomic E-state index is 12.6. The van der Waals surface area contributed by atoms with Gasteiger partial charge in [0.1, 0.15) is 0 Å². The van der Waals surface area contributed by atoms with E-state index in [1.807, 2.05) is 30.3 Å². The van der Waals surface area contributed by atoms with Crippen molar-refractivity contribution in [3.8, 4) is 11.5 Å². The highest BCUT2D eigenvalue weighted by Gasteiger charge is 2.13. The molecule has 3 aromatic rings. The van der Waals surface area contributed by atoms with E-state index in [0.29, 0.717) is 34.1 Å². The van der Waals surface area contributed by atoms with Crippen LogP contribution in [-0.4, -0.2) is 32.6 Å². The van der Waals surface area contributed by atoms with E-state index in [-0.39, 0.29) is 18.4 Å². The third kappa shape index (κ3) is 5.29. The fourth-order valence-electron chi connectivity index (χ4n) is 2.85. The number of anilines is 3. The smallest absolute Gasteiger partial charge is 0.257 e. The Bertz CT molecular complexity index is 1020. The molecule has 0 aliphatic heterocycles. The van der Waals surface area contributed by atoms with Gasteiger partial charge in [-0.15, -0.1) is 0 Å². The topological polar surface area (TPSA) is 88.7 Å². The predicted octanol–water partition coefficient (Wildman–Crippen LogP) is 4.01. The van der Waals surface area contributed by atoms with Crippen LogP contribution in [0.15, 0.2) is 72.8 Å². The minimum absolute atomic E-state index is 0.00995. The molecule has 0 radical (unpaired) electrons. The quantitative estimate of drug-likeness (QED) is 0.527. The number of rotatable bonds is 8. The summed E-state index contributed by atoms with van der Waals surface area (Å²) in [5, 5.41) is 8.66. The Hall–Kier alpha value is -4.00. The third-order valence-electron chi connectivity index (χ3n) is 4.31. The standard InChI is InChI=1S/C23H23N3O4/c1-29-20-13-12-17(14-21(20)30-2)25-22(27)15-24-19-11-7-6-10-18(19)23(28)26-16-8-4-3-5-9-16/h3-14,24H,15H2,1-2H3,(H,25,27)(H,26,28). The SMILES string of the molecule is COc1ccc(NC(=O)CNc2ccccc2C(=O)Nc2ccccc2)cc1OC. The second-order valence-corrected chi connectivity index (χ2v) is 6.34. The van der Waals surface area contributed by atoms with Crippen molar-refractivity contribution in [2.75, 3.05) is 36.7 Å². The zero-order valence-electron chi connectivity index (χ0n) is 16.8. The molecular weight excluding hydrogens is 382 g/mol. The molecule has 0 saturated carbocycles. The Balaban J connectivity index is 1.63. The minimum Gasteiger partial charge on any atom is -0.493 e. The fourth-order valence-corrected chi connectivity index (χ4v) is 2.85. The van der Waals surface area contributed by atoms with Crippen molar-refractivity contribution in [2.24, 2.45) is 0 Å². The second-order valence-electron chi connectivity index (χ2n) is 6.34. The number of nitrogens with one attached hydrogen (secondary N) is 3. The summed E-state index contributed by atoms with van der Waals surface area (Å²) in [5.74, 6) is 0.572. The molecule has 3 aromatic carbocycles. The summed E-state index contributed by atoms with van der Waals surface area (Å²) in [6, 6.07) is 21.3. The Morgan fingerprint density at radius 1 is 0.767 bits per heavy atom. The Kier molecular flexibility index (Phi) is 6.89. The average Bonchev–Trinajstić information content (AvgIpc) is 2.78. The Morgan fingerprint density at radius 2 is 1.47 bits per heavy atom. The Labute approximate surface area is 175 Å². The van der Waals surface area contributed by atoms with Crippen LogP contribution in [0, 0.1) is 0 Å². The van der Waals surface area contributed by atoms with Gasteiger partial charge in [-0.2, -0.15) is 0 Å². The molecule has 0 heterocycles. The van der Waals surface area contributed by atoms with E-state index >= 15 is 0 Å². The highest BCUT2D eigenvalue weighted by atomic mass is 16.5. The van der Waals surface area contributed by atoms with E-state index in [1.165, 1.54) is 7.11 Å². The fraction of sp³-hybridized carbons (Fsp3) is 0.130. The molecule has 154 valence electrons. The van der Waals surface area contributed by atoms with Crippen molar-refractivity contribution in [1.82, 2.24) is 0 Å². The van der Waals surface area contributed by atoms with Crippen LogP contribution in [-0.2, 0) is 4.79 Å². The molecule has 3 rings (SSSR count). The molecular formula is C23H23N3O4. The van der Waals surface area contributed by atoms with Crippen LogP contribution >= 0.6 is 0 Å². The molecule has 0 bridgehead atoms. The van der Waals surface area contributed by atoms with Crippen LogP contribution in [0.1, 0.15) is 10.4 Å². The molecule has 0 fully saturated rings. The number of carbonyl (C=O) groups excluding carboxylic acids is 2. The van der Waals surface area contributed by atoms with Gasteiger partial charge < -0.3 is 25.4 Å². The molecule has 0 aliphatic carbocycles. The van der Waals surface area contributed by atoms with Crippen molar-refractivity contribution in [3.63, 3.8) is 0 Å². The zero-order valence-corrected chi connectivity index (χ0v) is 16.8. The molecule has 0 saturated heterocycles. The largest absolute Gasteiger partial charge is 0.493 e. The van der Waals surface area contributed by atoms with Crippen LogP contribution in [0.5, 0.6) is 11.5 Å². The number of ether oxygens (including phenoxy) is 2. The van der Waals surface area contributed by atoms with Gasteiger partial charge in [-0.05, 0) is 36.4 Å². The maximum absolute atomic E-state index is 12.6. The van der Waals surface area contributed by atoms with Gasteiger partial charge in [0.25, 0.3) is 5.91 Å². The van der Waals surface area contributed by atoms with Crippen LogP contribution in [0.3, 0.4) is 0 Å². The molecule has 0 aliphatic rings. The van der Waals surface area contributed by atoms with Crippen molar-refractivity contribution in [1.29, 1.82) is 0 Å². The van der Waals surface area contributed by atoms with Gasteiger partial charge in [0.2, 0.25) is 5.91 Å². The summed E-state index contributed by atoms with van der Waals surface area (Å²) in [5.41, 5.74) is 2.28. The first-order valence-electron chi connectivity index (χ1n) is 9.32. The van der Waals surface area contributed by atoms with Gasteiger partial charge in [0.15, 0.2) is 11.5 Å². The monoisotopic (exact) mass is 405 g/mol. The number of methoxy groups -OCH3 is 2. The molecule has 30 heavy (non-hydrogen) atoms. The molecule has 2 amide bonds. The van der Waals surface area contributed by atoms with Crippen molar-refractivity contribution in [2.45, 2.75) is 0 Å². The summed E-state index contributed by atoms with van der Waals surface area (Å²) in [6.07, 6.45) is 0. The van der Waals surface area contributed by atoms with Gasteiger partial charge in [-0.3, -0.25) is 9.59 Å². The third-order valence-corrected chi connectivity index (χ3v) is 4.31. The predicted molar refractivity (Wildman–Crippen MR) is 118 cm³/mol. The normalized spacial score (nSPS) is 10.1. The van der Waals surface area contributed by atoms with E-state index in [9.17, 15) is 9.59 Å². The molecule has 3 N–H and O–H groups in total. The lowest BCUT2D eigenvalue weighted by molar-refractivity contribution is -0.114. The summed E-state index contributed by atoms with van der Waals surface area (Å²) in [7, 11) is 3.08. The molecule has 0 spiro atoms. The number of benzene rings is 3. The van der Waals surface area contributed by atoms with Crippen molar-refractivity contribution < 1.29 is 19.1 Å². The summed E-state index contributed by atoms with van der Waals surface area (Å²) < 4.78 is 10.4. The van der Waals surface area contributed by atoms with Crippen LogP contribution in [0.2, 0.25) is 0 Å². The highest BCUT2D eigenvalue weighted by molar-refractivity contribution is 6.08. The second kappa shape index (κ2) is 9.97.